The molecule has 0 aromatic carbocycles. The summed E-state index contributed by atoms with van der Waals surface area (Å²) in [5.41, 5.74) is 1.25. The molecule has 0 aliphatic carbocycles. The summed E-state index contributed by atoms with van der Waals surface area (Å²) in [7, 11) is 0. The SMILES string of the molecule is CCCCN(CCCC)Cc1csc(CNCCC)n1. The van der Waals surface area contributed by atoms with E-state index in [1.54, 1.807) is 11.3 Å². The second-order valence-electron chi connectivity index (χ2n) is 5.39. The van der Waals surface area contributed by atoms with E-state index < -0.39 is 0 Å². The lowest BCUT2D eigenvalue weighted by Gasteiger charge is -2.20. The normalized spacial score (nSPS) is 11.4. The van der Waals surface area contributed by atoms with Gasteiger partial charge in [-0.25, -0.2) is 4.98 Å². The Morgan fingerprint density at radius 3 is 2.40 bits per heavy atom. The number of nitrogens with one attached hydrogen (secondary N) is 1. The highest BCUT2D eigenvalue weighted by molar-refractivity contribution is 7.09. The second kappa shape index (κ2) is 11.2. The molecule has 1 N–H and O–H groups in total. The zero-order valence-corrected chi connectivity index (χ0v) is 14.3. The summed E-state index contributed by atoms with van der Waals surface area (Å²) in [6.45, 7) is 12.1. The third-order valence-electron chi connectivity index (χ3n) is 3.34. The molecule has 116 valence electrons. The number of thiazole rings is 1. The van der Waals surface area contributed by atoms with Crippen LogP contribution < -0.4 is 5.32 Å². The van der Waals surface area contributed by atoms with Crippen molar-refractivity contribution in [2.75, 3.05) is 19.6 Å². The number of nitrogens with zero attached hydrogens (tertiary/aromatic N) is 2. The molecule has 0 radical (unpaired) electrons. The van der Waals surface area contributed by atoms with Gasteiger partial charge in [0.15, 0.2) is 0 Å². The highest BCUT2D eigenvalue weighted by atomic mass is 32.1. The molecule has 20 heavy (non-hydrogen) atoms. The minimum Gasteiger partial charge on any atom is -0.310 e. The summed E-state index contributed by atoms with van der Waals surface area (Å²) in [6.07, 6.45) is 6.30. The Balaban J connectivity index is 2.41. The Bertz CT molecular complexity index is 330. The van der Waals surface area contributed by atoms with Crippen LogP contribution in [0, 0.1) is 0 Å². The number of hydrogen-bond donors (Lipinski definition) is 1. The highest BCUT2D eigenvalue weighted by Crippen LogP contribution is 2.13. The van der Waals surface area contributed by atoms with Crippen molar-refractivity contribution in [2.45, 2.75) is 66.0 Å². The van der Waals surface area contributed by atoms with Crippen LogP contribution in [0.25, 0.3) is 0 Å². The number of rotatable bonds is 12. The highest BCUT2D eigenvalue weighted by Gasteiger charge is 2.08. The topological polar surface area (TPSA) is 28.2 Å². The van der Waals surface area contributed by atoms with Crippen molar-refractivity contribution in [2.24, 2.45) is 0 Å². The molecular formula is C16H31N3S. The van der Waals surface area contributed by atoms with Crippen molar-refractivity contribution >= 4 is 11.3 Å². The molecule has 0 fully saturated rings. The van der Waals surface area contributed by atoms with E-state index in [9.17, 15) is 0 Å². The number of aromatic nitrogens is 1. The number of unbranched alkanes of at least 4 members (excludes halogenated alkanes) is 2. The average Bonchev–Trinajstić information content (AvgIpc) is 2.89. The van der Waals surface area contributed by atoms with Crippen LogP contribution in [0.4, 0.5) is 0 Å². The van der Waals surface area contributed by atoms with Crippen LogP contribution in [-0.4, -0.2) is 29.5 Å². The van der Waals surface area contributed by atoms with Crippen molar-refractivity contribution in [1.29, 1.82) is 0 Å². The van der Waals surface area contributed by atoms with Gasteiger partial charge in [0.05, 0.1) is 5.69 Å². The third kappa shape index (κ3) is 7.36. The molecular weight excluding hydrogens is 266 g/mol. The van der Waals surface area contributed by atoms with E-state index >= 15 is 0 Å². The van der Waals surface area contributed by atoms with Gasteiger partial charge in [0.2, 0.25) is 0 Å². The summed E-state index contributed by atoms with van der Waals surface area (Å²) in [4.78, 5) is 7.31. The van der Waals surface area contributed by atoms with E-state index in [4.69, 9.17) is 4.98 Å². The summed E-state index contributed by atoms with van der Waals surface area (Å²) in [5.74, 6) is 0. The summed E-state index contributed by atoms with van der Waals surface area (Å²) in [5, 5.41) is 6.87. The molecule has 4 heteroatoms. The first kappa shape index (κ1) is 17.6. The van der Waals surface area contributed by atoms with Crippen LogP contribution in [0.1, 0.15) is 63.6 Å². The van der Waals surface area contributed by atoms with E-state index in [1.807, 2.05) is 0 Å². The van der Waals surface area contributed by atoms with Gasteiger partial charge in [0.25, 0.3) is 0 Å². The maximum absolute atomic E-state index is 4.75. The Morgan fingerprint density at radius 2 is 1.80 bits per heavy atom. The predicted octanol–water partition coefficient (Wildman–Crippen LogP) is 4.04. The predicted molar refractivity (Wildman–Crippen MR) is 89.2 cm³/mol. The van der Waals surface area contributed by atoms with E-state index in [1.165, 1.54) is 55.9 Å². The fourth-order valence-electron chi connectivity index (χ4n) is 2.14. The third-order valence-corrected chi connectivity index (χ3v) is 4.24. The van der Waals surface area contributed by atoms with Gasteiger partial charge in [-0.05, 0) is 38.9 Å². The maximum Gasteiger partial charge on any atom is 0.107 e. The largest absolute Gasteiger partial charge is 0.310 e. The molecule has 1 rings (SSSR count). The van der Waals surface area contributed by atoms with Gasteiger partial charge >= 0.3 is 0 Å². The standard InChI is InChI=1S/C16H31N3S/c1-4-7-10-19(11-8-5-2)13-15-14-20-16(18-15)12-17-9-6-3/h14,17H,4-13H2,1-3H3. The van der Waals surface area contributed by atoms with E-state index in [0.717, 1.165) is 19.6 Å². The van der Waals surface area contributed by atoms with Crippen molar-refractivity contribution in [1.82, 2.24) is 15.2 Å². The Kier molecular flexibility index (Phi) is 9.89. The molecule has 0 unspecified atom stereocenters. The molecule has 0 spiro atoms. The lowest BCUT2D eigenvalue weighted by Crippen LogP contribution is -2.25. The Hall–Kier alpha value is -0.450. The molecule has 1 aromatic rings. The molecule has 0 aliphatic heterocycles. The van der Waals surface area contributed by atoms with Crippen LogP contribution in [0.2, 0.25) is 0 Å². The van der Waals surface area contributed by atoms with Crippen LogP contribution in [0.15, 0.2) is 5.38 Å². The van der Waals surface area contributed by atoms with E-state index in [2.05, 4.69) is 36.4 Å². The van der Waals surface area contributed by atoms with Crippen molar-refractivity contribution in [3.05, 3.63) is 16.1 Å². The first-order valence-electron chi connectivity index (χ1n) is 8.16. The van der Waals surface area contributed by atoms with Gasteiger partial charge in [0, 0.05) is 18.5 Å². The summed E-state index contributed by atoms with van der Waals surface area (Å²) in [6, 6.07) is 0. The van der Waals surface area contributed by atoms with Crippen molar-refractivity contribution in [3.63, 3.8) is 0 Å². The Labute approximate surface area is 128 Å². The van der Waals surface area contributed by atoms with Gasteiger partial charge in [-0.3, -0.25) is 4.90 Å². The van der Waals surface area contributed by atoms with Crippen LogP contribution in [-0.2, 0) is 13.1 Å². The van der Waals surface area contributed by atoms with Gasteiger partial charge in [0.1, 0.15) is 5.01 Å². The first-order valence-corrected chi connectivity index (χ1v) is 9.04. The van der Waals surface area contributed by atoms with Crippen LogP contribution >= 0.6 is 11.3 Å². The minimum absolute atomic E-state index is 0.919. The van der Waals surface area contributed by atoms with Gasteiger partial charge in [-0.1, -0.05) is 33.6 Å². The fourth-order valence-corrected chi connectivity index (χ4v) is 2.89. The average molecular weight is 298 g/mol. The van der Waals surface area contributed by atoms with Crippen molar-refractivity contribution in [3.8, 4) is 0 Å². The Morgan fingerprint density at radius 1 is 1.10 bits per heavy atom. The van der Waals surface area contributed by atoms with Crippen LogP contribution in [0.3, 0.4) is 0 Å². The second-order valence-corrected chi connectivity index (χ2v) is 6.34. The molecule has 0 aliphatic rings. The zero-order chi connectivity index (χ0) is 14.6. The number of hydrogen-bond acceptors (Lipinski definition) is 4. The molecule has 0 saturated carbocycles. The van der Waals surface area contributed by atoms with Crippen LogP contribution in [0.5, 0.6) is 0 Å². The molecule has 3 nitrogen and oxygen atoms in total. The summed E-state index contributed by atoms with van der Waals surface area (Å²) < 4.78 is 0. The fraction of sp³-hybridized carbons (Fsp3) is 0.812. The molecule has 0 bridgehead atoms. The van der Waals surface area contributed by atoms with Gasteiger partial charge in [-0.15, -0.1) is 11.3 Å². The van der Waals surface area contributed by atoms with Crippen molar-refractivity contribution < 1.29 is 0 Å². The maximum atomic E-state index is 4.75. The van der Waals surface area contributed by atoms with E-state index in [0.29, 0.717) is 0 Å². The first-order chi connectivity index (χ1) is 9.80. The van der Waals surface area contributed by atoms with E-state index in [-0.39, 0.29) is 0 Å². The molecule has 0 atom stereocenters. The summed E-state index contributed by atoms with van der Waals surface area (Å²) >= 11 is 1.79. The molecule has 1 heterocycles. The van der Waals surface area contributed by atoms with Gasteiger partial charge < -0.3 is 5.32 Å². The molecule has 0 amide bonds. The molecule has 1 aromatic heterocycles. The molecule has 0 saturated heterocycles. The minimum atomic E-state index is 0.919. The van der Waals surface area contributed by atoms with Gasteiger partial charge in [-0.2, -0.15) is 0 Å². The quantitative estimate of drug-likeness (QED) is 0.590. The smallest absolute Gasteiger partial charge is 0.107 e. The zero-order valence-electron chi connectivity index (χ0n) is 13.5. The lowest BCUT2D eigenvalue weighted by molar-refractivity contribution is 0.254. The monoisotopic (exact) mass is 297 g/mol. The lowest BCUT2D eigenvalue weighted by atomic mass is 10.2.